The van der Waals surface area contributed by atoms with Gasteiger partial charge in [0.2, 0.25) is 0 Å². The highest BCUT2D eigenvalue weighted by Crippen LogP contribution is 2.28. The summed E-state index contributed by atoms with van der Waals surface area (Å²) in [5.41, 5.74) is 3.04. The Hall–Kier alpha value is -2.04. The number of nitrogens with zero attached hydrogens (tertiary/aromatic N) is 1. The summed E-state index contributed by atoms with van der Waals surface area (Å²) in [4.78, 5) is 17.2. The summed E-state index contributed by atoms with van der Waals surface area (Å²) in [6, 6.07) is 15.4. The van der Waals surface area contributed by atoms with Crippen LogP contribution < -0.4 is 5.32 Å². The van der Waals surface area contributed by atoms with Gasteiger partial charge in [0.15, 0.2) is 5.17 Å². The molecule has 0 saturated carbocycles. The van der Waals surface area contributed by atoms with Gasteiger partial charge in [0, 0.05) is 5.02 Å². The minimum Gasteiger partial charge on any atom is -0.300 e. The molecule has 0 aromatic heterocycles. The maximum absolute atomic E-state index is 12.1. The number of amides is 1. The van der Waals surface area contributed by atoms with Crippen molar-refractivity contribution in [2.45, 2.75) is 19.8 Å². The molecule has 3 nitrogen and oxygen atoms in total. The van der Waals surface area contributed by atoms with Crippen molar-refractivity contribution in [1.29, 1.82) is 0 Å². The van der Waals surface area contributed by atoms with E-state index in [1.807, 2.05) is 30.3 Å². The molecular weight excluding hydrogens is 340 g/mol. The number of amidine groups is 1. The summed E-state index contributed by atoms with van der Waals surface area (Å²) < 4.78 is 0. The molecule has 1 aliphatic rings. The molecule has 24 heavy (non-hydrogen) atoms. The van der Waals surface area contributed by atoms with E-state index in [-0.39, 0.29) is 5.91 Å². The maximum Gasteiger partial charge on any atom is 0.264 e. The first-order valence-corrected chi connectivity index (χ1v) is 8.86. The third-order valence-electron chi connectivity index (χ3n) is 3.61. The van der Waals surface area contributed by atoms with Crippen LogP contribution in [0.5, 0.6) is 0 Å². The summed E-state index contributed by atoms with van der Waals surface area (Å²) in [7, 11) is 0. The molecule has 3 rings (SSSR count). The molecule has 122 valence electrons. The number of halogens is 1. The molecule has 0 spiro atoms. The van der Waals surface area contributed by atoms with Crippen molar-refractivity contribution in [2.24, 2.45) is 4.99 Å². The molecule has 1 fully saturated rings. The number of hydrogen-bond acceptors (Lipinski definition) is 3. The lowest BCUT2D eigenvalue weighted by Gasteiger charge is -2.04. The molecule has 1 N–H and O–H groups in total. The van der Waals surface area contributed by atoms with Gasteiger partial charge in [0.25, 0.3) is 5.91 Å². The Kier molecular flexibility index (Phi) is 5.07. The van der Waals surface area contributed by atoms with Crippen LogP contribution in [0.4, 0.5) is 5.69 Å². The lowest BCUT2D eigenvalue weighted by Crippen LogP contribution is -2.19. The highest BCUT2D eigenvalue weighted by molar-refractivity contribution is 8.18. The molecule has 1 saturated heterocycles. The summed E-state index contributed by atoms with van der Waals surface area (Å²) >= 11 is 7.20. The van der Waals surface area contributed by atoms with Gasteiger partial charge in [0.05, 0.1) is 10.6 Å². The van der Waals surface area contributed by atoms with Crippen LogP contribution in [0.15, 0.2) is 58.4 Å². The molecule has 2 aromatic carbocycles. The van der Waals surface area contributed by atoms with E-state index in [1.165, 1.54) is 17.3 Å². The van der Waals surface area contributed by atoms with Gasteiger partial charge < -0.3 is 5.32 Å². The zero-order valence-electron chi connectivity index (χ0n) is 13.4. The van der Waals surface area contributed by atoms with Crippen molar-refractivity contribution >= 4 is 46.2 Å². The highest BCUT2D eigenvalue weighted by Gasteiger charge is 2.23. The third-order valence-corrected chi connectivity index (χ3v) is 4.77. The Morgan fingerprint density at radius 2 is 1.75 bits per heavy atom. The number of nitrogens with one attached hydrogen (secondary N) is 1. The van der Waals surface area contributed by atoms with Crippen LogP contribution in [-0.4, -0.2) is 11.1 Å². The molecule has 0 atom stereocenters. The van der Waals surface area contributed by atoms with Crippen molar-refractivity contribution < 1.29 is 4.79 Å². The quantitative estimate of drug-likeness (QED) is 0.752. The largest absolute Gasteiger partial charge is 0.300 e. The number of aliphatic imine (C=N–C) groups is 1. The molecule has 1 aliphatic heterocycles. The van der Waals surface area contributed by atoms with Crippen LogP contribution in [0.3, 0.4) is 0 Å². The van der Waals surface area contributed by atoms with Gasteiger partial charge in [0.1, 0.15) is 0 Å². The Balaban J connectivity index is 1.77. The molecule has 0 radical (unpaired) electrons. The van der Waals surface area contributed by atoms with E-state index in [0.717, 1.165) is 11.3 Å². The van der Waals surface area contributed by atoms with Crippen molar-refractivity contribution in [3.8, 4) is 0 Å². The van der Waals surface area contributed by atoms with Gasteiger partial charge in [-0.15, -0.1) is 0 Å². The number of carbonyl (C=O) groups excluding carboxylic acids is 1. The molecule has 0 aliphatic carbocycles. The van der Waals surface area contributed by atoms with Crippen LogP contribution in [0, 0.1) is 0 Å². The summed E-state index contributed by atoms with van der Waals surface area (Å²) in [5.74, 6) is 0.370. The zero-order valence-corrected chi connectivity index (χ0v) is 15.0. The average molecular weight is 357 g/mol. The van der Waals surface area contributed by atoms with Gasteiger partial charge in [-0.1, -0.05) is 49.7 Å². The predicted molar refractivity (Wildman–Crippen MR) is 103 cm³/mol. The molecule has 1 amide bonds. The molecular formula is C19H17ClN2OS. The van der Waals surface area contributed by atoms with E-state index in [2.05, 4.69) is 36.3 Å². The van der Waals surface area contributed by atoms with Gasteiger partial charge in [-0.3, -0.25) is 4.79 Å². The van der Waals surface area contributed by atoms with Crippen molar-refractivity contribution in [1.82, 2.24) is 5.32 Å². The number of rotatable bonds is 3. The van der Waals surface area contributed by atoms with E-state index >= 15 is 0 Å². The van der Waals surface area contributed by atoms with Gasteiger partial charge >= 0.3 is 0 Å². The van der Waals surface area contributed by atoms with Crippen LogP contribution in [0.2, 0.25) is 5.02 Å². The lowest BCUT2D eigenvalue weighted by atomic mass is 10.0. The molecule has 5 heteroatoms. The van der Waals surface area contributed by atoms with Crippen LogP contribution in [0.25, 0.3) is 6.08 Å². The van der Waals surface area contributed by atoms with Crippen LogP contribution in [-0.2, 0) is 4.79 Å². The summed E-state index contributed by atoms with van der Waals surface area (Å²) in [6.45, 7) is 4.32. The number of thioether (sulfide) groups is 1. The van der Waals surface area contributed by atoms with E-state index in [9.17, 15) is 4.79 Å². The average Bonchev–Trinajstić information content (AvgIpc) is 2.89. The normalized spacial score (nSPS) is 17.8. The molecule has 2 aromatic rings. The van der Waals surface area contributed by atoms with Gasteiger partial charge in [-0.05, 0) is 59.1 Å². The summed E-state index contributed by atoms with van der Waals surface area (Å²) in [5, 5.41) is 4.03. The second-order valence-corrected chi connectivity index (χ2v) is 7.25. The topological polar surface area (TPSA) is 41.5 Å². The van der Waals surface area contributed by atoms with E-state index < -0.39 is 0 Å². The fourth-order valence-corrected chi connectivity index (χ4v) is 3.21. The first kappa shape index (κ1) is 16.8. The molecule has 0 bridgehead atoms. The van der Waals surface area contributed by atoms with Gasteiger partial charge in [-0.25, -0.2) is 4.99 Å². The van der Waals surface area contributed by atoms with Crippen LogP contribution >= 0.6 is 23.4 Å². The van der Waals surface area contributed by atoms with Crippen molar-refractivity contribution in [3.63, 3.8) is 0 Å². The predicted octanol–water partition coefficient (Wildman–Crippen LogP) is 5.36. The number of benzene rings is 2. The van der Waals surface area contributed by atoms with E-state index in [4.69, 9.17) is 11.6 Å². The zero-order chi connectivity index (χ0) is 17.1. The fourth-order valence-electron chi connectivity index (χ4n) is 2.24. The van der Waals surface area contributed by atoms with Gasteiger partial charge in [-0.2, -0.15) is 0 Å². The summed E-state index contributed by atoms with van der Waals surface area (Å²) in [6.07, 6.45) is 1.88. The fraction of sp³-hybridized carbons (Fsp3) is 0.158. The second-order valence-electron chi connectivity index (χ2n) is 5.78. The number of carbonyl (C=O) groups is 1. The minimum atomic E-state index is -0.124. The van der Waals surface area contributed by atoms with Crippen molar-refractivity contribution in [3.05, 3.63) is 69.6 Å². The van der Waals surface area contributed by atoms with Crippen LogP contribution in [0.1, 0.15) is 30.9 Å². The molecule has 1 heterocycles. The molecule has 0 unspecified atom stereocenters. The Bertz CT molecular complexity index is 808. The first-order chi connectivity index (χ1) is 11.5. The monoisotopic (exact) mass is 356 g/mol. The van der Waals surface area contributed by atoms with Crippen molar-refractivity contribution in [2.75, 3.05) is 0 Å². The number of hydrogen-bond donors (Lipinski definition) is 1. The van der Waals surface area contributed by atoms with E-state index in [1.54, 1.807) is 12.1 Å². The maximum atomic E-state index is 12.1. The minimum absolute atomic E-state index is 0.124. The van der Waals surface area contributed by atoms with E-state index in [0.29, 0.717) is 21.0 Å². The second kappa shape index (κ2) is 7.24. The Morgan fingerprint density at radius 1 is 1.08 bits per heavy atom. The highest BCUT2D eigenvalue weighted by atomic mass is 35.5. The third kappa shape index (κ3) is 4.08. The smallest absolute Gasteiger partial charge is 0.264 e. The standard InChI is InChI=1S/C19H17ClN2OS/c1-12(2)14-5-3-13(4-6-14)11-17-18(23)22-19(24-17)21-16-9-7-15(20)8-10-16/h3-12H,1-2H3,(H,21,22,23)/b17-11+. The Morgan fingerprint density at radius 3 is 2.38 bits per heavy atom. The Labute approximate surface area is 150 Å². The first-order valence-electron chi connectivity index (χ1n) is 7.66. The SMILES string of the molecule is CC(C)c1ccc(/C=C2/SC(=Nc3ccc(Cl)cc3)NC2=O)cc1. The lowest BCUT2D eigenvalue weighted by molar-refractivity contribution is -0.115.